The molecule has 2 unspecified atom stereocenters. The van der Waals surface area contributed by atoms with E-state index in [0.717, 1.165) is 38.5 Å². The van der Waals surface area contributed by atoms with Gasteiger partial charge in [0.05, 0.1) is 25.4 Å². The SMILES string of the molecule is CCCCCCCC/C=C/CCCCCCCCCCCC(=O)N[C@@H](CO[C@H]1O[C@@H](CO)[C@H](O)C(O)C1O)[C@H](O)/C=C/CCCCCCCCCCCCCCC. The molecule has 1 saturated heterocycles. The Morgan fingerprint density at radius 1 is 0.579 bits per heavy atom. The maximum Gasteiger partial charge on any atom is 0.220 e. The molecule has 1 rings (SSSR count). The van der Waals surface area contributed by atoms with Gasteiger partial charge in [-0.3, -0.25) is 4.79 Å². The number of allylic oxidation sites excluding steroid dienone is 3. The second kappa shape index (κ2) is 38.8. The lowest BCUT2D eigenvalue weighted by atomic mass is 9.99. The molecule has 0 saturated carbocycles. The van der Waals surface area contributed by atoms with E-state index in [1.807, 2.05) is 6.08 Å². The Kier molecular flexibility index (Phi) is 36.6. The van der Waals surface area contributed by atoms with Crippen molar-refractivity contribution in [1.29, 1.82) is 0 Å². The van der Waals surface area contributed by atoms with E-state index in [-0.39, 0.29) is 12.5 Å². The summed E-state index contributed by atoms with van der Waals surface area (Å²) in [5, 5.41) is 54.2. The van der Waals surface area contributed by atoms with Gasteiger partial charge in [-0.1, -0.05) is 192 Å². The van der Waals surface area contributed by atoms with E-state index in [2.05, 4.69) is 31.3 Å². The highest BCUT2D eigenvalue weighted by atomic mass is 16.7. The first-order valence-electron chi connectivity index (χ1n) is 24.1. The van der Waals surface area contributed by atoms with Crippen molar-refractivity contribution >= 4 is 5.91 Å². The third-order valence-electron chi connectivity index (χ3n) is 11.5. The third kappa shape index (κ3) is 29.5. The smallest absolute Gasteiger partial charge is 0.220 e. The molecule has 0 aromatic carbocycles. The van der Waals surface area contributed by atoms with Gasteiger partial charge in [-0.05, 0) is 44.9 Å². The summed E-state index contributed by atoms with van der Waals surface area (Å²) in [6, 6.07) is -0.802. The third-order valence-corrected chi connectivity index (χ3v) is 11.5. The van der Waals surface area contributed by atoms with E-state index in [0.29, 0.717) is 6.42 Å². The molecule has 57 heavy (non-hydrogen) atoms. The minimum atomic E-state index is -1.56. The van der Waals surface area contributed by atoms with Gasteiger partial charge in [-0.2, -0.15) is 0 Å². The zero-order valence-corrected chi connectivity index (χ0v) is 36.9. The minimum Gasteiger partial charge on any atom is -0.394 e. The molecule has 9 heteroatoms. The fourth-order valence-corrected chi connectivity index (χ4v) is 7.62. The van der Waals surface area contributed by atoms with Gasteiger partial charge in [0.15, 0.2) is 6.29 Å². The van der Waals surface area contributed by atoms with Gasteiger partial charge in [0.2, 0.25) is 5.91 Å². The van der Waals surface area contributed by atoms with E-state index in [9.17, 15) is 30.3 Å². The van der Waals surface area contributed by atoms with Crippen molar-refractivity contribution < 1.29 is 39.8 Å². The lowest BCUT2D eigenvalue weighted by molar-refractivity contribution is -0.302. The number of hydrogen-bond donors (Lipinski definition) is 6. The average Bonchev–Trinajstić information content (AvgIpc) is 3.21. The van der Waals surface area contributed by atoms with Crippen LogP contribution < -0.4 is 5.32 Å². The average molecular weight is 810 g/mol. The normalized spacial score (nSPS) is 21.1. The summed E-state index contributed by atoms with van der Waals surface area (Å²) >= 11 is 0. The Labute approximate surface area is 349 Å². The second-order valence-electron chi connectivity index (χ2n) is 16.9. The lowest BCUT2D eigenvalue weighted by Crippen LogP contribution is -2.60. The van der Waals surface area contributed by atoms with Crippen molar-refractivity contribution in [3.05, 3.63) is 24.3 Å². The molecule has 0 aromatic heterocycles. The molecule has 1 aliphatic rings. The van der Waals surface area contributed by atoms with Gasteiger partial charge in [0, 0.05) is 6.42 Å². The van der Waals surface area contributed by atoms with E-state index in [1.165, 1.54) is 161 Å². The maximum atomic E-state index is 13.0. The molecule has 1 heterocycles. The molecule has 0 spiro atoms. The Morgan fingerprint density at radius 3 is 1.42 bits per heavy atom. The molecule has 336 valence electrons. The number of rotatable bonds is 40. The summed E-state index contributed by atoms with van der Waals surface area (Å²) in [5.41, 5.74) is 0. The Hall–Kier alpha value is -1.33. The second-order valence-corrected chi connectivity index (χ2v) is 16.9. The summed E-state index contributed by atoms with van der Waals surface area (Å²) in [7, 11) is 0. The number of aliphatic hydroxyl groups is 5. The molecule has 1 fully saturated rings. The molecular weight excluding hydrogens is 719 g/mol. The highest BCUT2D eigenvalue weighted by Crippen LogP contribution is 2.23. The van der Waals surface area contributed by atoms with Crippen LogP contribution in [0.25, 0.3) is 0 Å². The minimum absolute atomic E-state index is 0.178. The highest BCUT2D eigenvalue weighted by molar-refractivity contribution is 5.76. The van der Waals surface area contributed by atoms with Crippen LogP contribution in [0.4, 0.5) is 0 Å². The van der Waals surface area contributed by atoms with Gasteiger partial charge < -0.3 is 40.3 Å². The van der Waals surface area contributed by atoms with Crippen LogP contribution in [0.3, 0.4) is 0 Å². The first-order valence-corrected chi connectivity index (χ1v) is 24.1. The van der Waals surface area contributed by atoms with Crippen LogP contribution in [-0.4, -0.2) is 87.5 Å². The Bertz CT molecular complexity index is 945. The van der Waals surface area contributed by atoms with Crippen molar-refractivity contribution in [2.24, 2.45) is 0 Å². The van der Waals surface area contributed by atoms with Gasteiger partial charge in [-0.15, -0.1) is 0 Å². The predicted molar refractivity (Wildman–Crippen MR) is 235 cm³/mol. The number of carbonyl (C=O) groups is 1. The quantitative estimate of drug-likeness (QED) is 0.0265. The summed E-state index contributed by atoms with van der Waals surface area (Å²) in [6.45, 7) is 3.77. The van der Waals surface area contributed by atoms with Crippen molar-refractivity contribution in [2.75, 3.05) is 13.2 Å². The van der Waals surface area contributed by atoms with Gasteiger partial charge >= 0.3 is 0 Å². The Balaban J connectivity index is 2.33. The lowest BCUT2D eigenvalue weighted by Gasteiger charge is -2.40. The number of aliphatic hydroxyl groups excluding tert-OH is 5. The summed E-state index contributed by atoms with van der Waals surface area (Å²) in [4.78, 5) is 13.0. The highest BCUT2D eigenvalue weighted by Gasteiger charge is 2.44. The number of hydrogen-bond acceptors (Lipinski definition) is 8. The van der Waals surface area contributed by atoms with E-state index in [4.69, 9.17) is 9.47 Å². The first-order chi connectivity index (χ1) is 27.8. The summed E-state index contributed by atoms with van der Waals surface area (Å²) in [5.74, 6) is -0.178. The molecule has 0 aliphatic carbocycles. The van der Waals surface area contributed by atoms with Crippen molar-refractivity contribution in [1.82, 2.24) is 5.32 Å². The van der Waals surface area contributed by atoms with E-state index < -0.39 is 49.5 Å². The van der Waals surface area contributed by atoms with Crippen LogP contribution in [0, 0.1) is 0 Å². The zero-order valence-electron chi connectivity index (χ0n) is 36.9. The number of ether oxygens (including phenoxy) is 2. The van der Waals surface area contributed by atoms with Crippen LogP contribution >= 0.6 is 0 Å². The number of nitrogens with one attached hydrogen (secondary N) is 1. The standard InChI is InChI=1S/C48H91NO8/c1-3-5-7-9-11-13-15-17-19-20-21-22-24-26-28-30-32-34-36-38-44(52)49-41(40-56-48-47(55)46(54)45(53)43(39-50)57-48)42(51)37-35-33-31-29-27-25-23-18-16-14-12-10-8-6-4-2/h17,19,35,37,41-43,45-48,50-51,53-55H,3-16,18,20-34,36,38-40H2,1-2H3,(H,49,52)/b19-17+,37-35+/t41-,42+,43-,45-,46?,47?,48-/m0/s1. The molecule has 6 N–H and O–H groups in total. The van der Waals surface area contributed by atoms with Crippen LogP contribution in [0.2, 0.25) is 0 Å². The molecular formula is C48H91NO8. The largest absolute Gasteiger partial charge is 0.394 e. The number of unbranched alkanes of at least 4 members (excludes halogenated alkanes) is 28. The van der Waals surface area contributed by atoms with E-state index in [1.54, 1.807) is 6.08 Å². The molecule has 7 atom stereocenters. The molecule has 0 bridgehead atoms. The molecule has 0 aromatic rings. The maximum absolute atomic E-state index is 13.0. The molecule has 1 aliphatic heterocycles. The van der Waals surface area contributed by atoms with Gasteiger partial charge in [0.25, 0.3) is 0 Å². The fraction of sp³-hybridized carbons (Fsp3) is 0.896. The molecule has 0 radical (unpaired) electrons. The van der Waals surface area contributed by atoms with Crippen LogP contribution in [0.15, 0.2) is 24.3 Å². The van der Waals surface area contributed by atoms with Crippen molar-refractivity contribution in [3.63, 3.8) is 0 Å². The first kappa shape index (κ1) is 53.7. The fourth-order valence-electron chi connectivity index (χ4n) is 7.62. The van der Waals surface area contributed by atoms with Gasteiger partial charge in [0.1, 0.15) is 24.4 Å². The Morgan fingerprint density at radius 2 is 0.982 bits per heavy atom. The summed E-state index contributed by atoms with van der Waals surface area (Å²) in [6.07, 6.45) is 39.3. The summed E-state index contributed by atoms with van der Waals surface area (Å²) < 4.78 is 11.2. The topological polar surface area (TPSA) is 149 Å². The number of amides is 1. The zero-order chi connectivity index (χ0) is 41.6. The monoisotopic (exact) mass is 810 g/mol. The van der Waals surface area contributed by atoms with E-state index >= 15 is 0 Å². The van der Waals surface area contributed by atoms with Crippen molar-refractivity contribution in [2.45, 2.75) is 262 Å². The predicted octanol–water partition coefficient (Wildman–Crippen LogP) is 10.3. The van der Waals surface area contributed by atoms with Crippen molar-refractivity contribution in [3.8, 4) is 0 Å². The van der Waals surface area contributed by atoms with Crippen LogP contribution in [0.1, 0.15) is 219 Å². The van der Waals surface area contributed by atoms with Gasteiger partial charge in [-0.25, -0.2) is 0 Å². The number of carbonyl (C=O) groups excluding carboxylic acids is 1. The molecule has 9 nitrogen and oxygen atoms in total. The van der Waals surface area contributed by atoms with Crippen LogP contribution in [-0.2, 0) is 14.3 Å². The van der Waals surface area contributed by atoms with Crippen LogP contribution in [0.5, 0.6) is 0 Å². The molecule has 1 amide bonds.